The van der Waals surface area contributed by atoms with Gasteiger partial charge in [-0.05, 0) is 32.0 Å². The van der Waals surface area contributed by atoms with Crippen molar-refractivity contribution in [2.45, 2.75) is 31.8 Å². The fourth-order valence-corrected chi connectivity index (χ4v) is 2.25. The van der Waals surface area contributed by atoms with Crippen molar-refractivity contribution in [3.63, 3.8) is 0 Å². The molecule has 0 spiro atoms. The summed E-state index contributed by atoms with van der Waals surface area (Å²) in [5.74, 6) is -0.550. The fourth-order valence-electron chi connectivity index (χ4n) is 2.25. The number of hydrogen-bond acceptors (Lipinski definition) is 4. The molecular weight excluding hydrogens is 230 g/mol. The van der Waals surface area contributed by atoms with Crippen LogP contribution in [0.25, 0.3) is 0 Å². The maximum atomic E-state index is 10.1. The zero-order valence-corrected chi connectivity index (χ0v) is 11.1. The van der Waals surface area contributed by atoms with E-state index in [1.807, 2.05) is 45.2 Å². The number of rotatable bonds is 4. The molecule has 100 valence electrons. The second kappa shape index (κ2) is 5.36. The average molecular weight is 251 g/mol. The van der Waals surface area contributed by atoms with Gasteiger partial charge in [-0.2, -0.15) is 0 Å². The smallest absolute Gasteiger partial charge is 0.163 e. The van der Waals surface area contributed by atoms with Crippen LogP contribution in [0.3, 0.4) is 0 Å². The molecule has 2 N–H and O–H groups in total. The molecule has 0 saturated carbocycles. The number of aliphatic hydroxyl groups excluding tert-OH is 1. The summed E-state index contributed by atoms with van der Waals surface area (Å²) in [6.07, 6.45) is -0.638. The molecule has 1 aromatic carbocycles. The normalized spacial score (nSPS) is 24.1. The van der Waals surface area contributed by atoms with E-state index in [2.05, 4.69) is 5.32 Å². The van der Waals surface area contributed by atoms with E-state index in [0.717, 1.165) is 11.1 Å². The summed E-state index contributed by atoms with van der Waals surface area (Å²) in [5.41, 5.74) is 1.91. The van der Waals surface area contributed by atoms with Crippen LogP contribution in [0.4, 0.5) is 0 Å². The lowest BCUT2D eigenvalue weighted by molar-refractivity contribution is -0.139. The highest BCUT2D eigenvalue weighted by Gasteiger charge is 2.35. The molecule has 0 aliphatic carbocycles. The summed E-state index contributed by atoms with van der Waals surface area (Å²) in [5, 5.41) is 13.1. The van der Waals surface area contributed by atoms with Crippen LogP contribution in [-0.2, 0) is 9.47 Å². The Morgan fingerprint density at radius 3 is 2.78 bits per heavy atom. The number of ether oxygens (including phenoxy) is 2. The van der Waals surface area contributed by atoms with Crippen LogP contribution < -0.4 is 5.32 Å². The highest BCUT2D eigenvalue weighted by Crippen LogP contribution is 2.35. The van der Waals surface area contributed by atoms with Crippen LogP contribution in [0.2, 0.25) is 0 Å². The molecule has 1 aliphatic rings. The molecule has 1 heterocycles. The SMILES string of the molecule is CNCC(O)c1ccccc1C1COC(C)(C)O1. The van der Waals surface area contributed by atoms with Gasteiger partial charge in [0.1, 0.15) is 6.10 Å². The average Bonchev–Trinajstić information content (AvgIpc) is 2.70. The second-order valence-electron chi connectivity index (χ2n) is 5.02. The zero-order chi connectivity index (χ0) is 13.2. The number of aliphatic hydroxyl groups is 1. The van der Waals surface area contributed by atoms with Crippen molar-refractivity contribution in [2.75, 3.05) is 20.2 Å². The van der Waals surface area contributed by atoms with Gasteiger partial charge in [0.2, 0.25) is 0 Å². The van der Waals surface area contributed by atoms with E-state index in [-0.39, 0.29) is 6.10 Å². The quantitative estimate of drug-likeness (QED) is 0.856. The maximum absolute atomic E-state index is 10.1. The lowest BCUT2D eigenvalue weighted by atomic mass is 9.98. The van der Waals surface area contributed by atoms with Crippen molar-refractivity contribution in [3.05, 3.63) is 35.4 Å². The van der Waals surface area contributed by atoms with E-state index in [1.54, 1.807) is 0 Å². The van der Waals surface area contributed by atoms with E-state index in [9.17, 15) is 5.11 Å². The Morgan fingerprint density at radius 2 is 2.17 bits per heavy atom. The molecule has 2 rings (SSSR count). The summed E-state index contributed by atoms with van der Waals surface area (Å²) in [6.45, 7) is 4.85. The first-order valence-corrected chi connectivity index (χ1v) is 6.27. The molecule has 1 saturated heterocycles. The molecule has 4 heteroatoms. The first kappa shape index (κ1) is 13.5. The van der Waals surface area contributed by atoms with Gasteiger partial charge < -0.3 is 19.9 Å². The van der Waals surface area contributed by atoms with Crippen molar-refractivity contribution in [1.82, 2.24) is 5.32 Å². The molecule has 0 bridgehead atoms. The van der Waals surface area contributed by atoms with Crippen LogP contribution in [0, 0.1) is 0 Å². The minimum absolute atomic E-state index is 0.109. The third-order valence-electron chi connectivity index (χ3n) is 3.11. The van der Waals surface area contributed by atoms with E-state index in [0.29, 0.717) is 13.2 Å². The third kappa shape index (κ3) is 2.90. The third-order valence-corrected chi connectivity index (χ3v) is 3.11. The van der Waals surface area contributed by atoms with Crippen molar-refractivity contribution in [1.29, 1.82) is 0 Å². The van der Waals surface area contributed by atoms with Crippen molar-refractivity contribution >= 4 is 0 Å². The van der Waals surface area contributed by atoms with E-state index < -0.39 is 11.9 Å². The molecular formula is C14H21NO3. The molecule has 1 aromatic rings. The summed E-state index contributed by atoms with van der Waals surface area (Å²) in [4.78, 5) is 0. The molecule has 2 unspecified atom stereocenters. The summed E-state index contributed by atoms with van der Waals surface area (Å²) in [6, 6.07) is 7.81. The Morgan fingerprint density at radius 1 is 1.44 bits per heavy atom. The molecule has 0 aromatic heterocycles. The van der Waals surface area contributed by atoms with E-state index in [4.69, 9.17) is 9.47 Å². The van der Waals surface area contributed by atoms with Gasteiger partial charge in [0.25, 0.3) is 0 Å². The van der Waals surface area contributed by atoms with E-state index in [1.165, 1.54) is 0 Å². The first-order valence-electron chi connectivity index (χ1n) is 6.27. The Labute approximate surface area is 108 Å². The molecule has 0 amide bonds. The molecule has 2 atom stereocenters. The first-order chi connectivity index (χ1) is 8.53. The monoisotopic (exact) mass is 251 g/mol. The van der Waals surface area contributed by atoms with Gasteiger partial charge in [-0.3, -0.25) is 0 Å². The lowest BCUT2D eigenvalue weighted by Crippen LogP contribution is -2.21. The molecule has 1 aliphatic heterocycles. The van der Waals surface area contributed by atoms with Crippen molar-refractivity contribution in [3.8, 4) is 0 Å². The Balaban J connectivity index is 2.23. The van der Waals surface area contributed by atoms with Crippen molar-refractivity contribution in [2.24, 2.45) is 0 Å². The standard InChI is InChI=1S/C14H21NO3/c1-14(2)17-9-13(18-14)11-7-5-4-6-10(11)12(16)8-15-3/h4-7,12-13,15-16H,8-9H2,1-3H3. The van der Waals surface area contributed by atoms with Crippen LogP contribution in [0.15, 0.2) is 24.3 Å². The van der Waals surface area contributed by atoms with Gasteiger partial charge in [-0.25, -0.2) is 0 Å². The van der Waals surface area contributed by atoms with Crippen LogP contribution in [-0.4, -0.2) is 31.1 Å². The molecule has 18 heavy (non-hydrogen) atoms. The fraction of sp³-hybridized carbons (Fsp3) is 0.571. The predicted octanol–water partition coefficient (Wildman–Crippen LogP) is 1.76. The minimum atomic E-state index is -0.550. The highest BCUT2D eigenvalue weighted by atomic mass is 16.7. The van der Waals surface area contributed by atoms with Crippen LogP contribution in [0.1, 0.15) is 37.2 Å². The van der Waals surface area contributed by atoms with Gasteiger partial charge in [0, 0.05) is 6.54 Å². The Bertz CT molecular complexity index is 406. The van der Waals surface area contributed by atoms with Gasteiger partial charge in [-0.15, -0.1) is 0 Å². The molecule has 0 radical (unpaired) electrons. The topological polar surface area (TPSA) is 50.7 Å². The zero-order valence-electron chi connectivity index (χ0n) is 11.1. The van der Waals surface area contributed by atoms with Gasteiger partial charge in [-0.1, -0.05) is 24.3 Å². The van der Waals surface area contributed by atoms with E-state index >= 15 is 0 Å². The Kier molecular flexibility index (Phi) is 4.02. The number of nitrogens with one attached hydrogen (secondary N) is 1. The molecule has 4 nitrogen and oxygen atoms in total. The Hall–Kier alpha value is -0.940. The number of likely N-dealkylation sites (N-methyl/N-ethyl adjacent to an activating group) is 1. The maximum Gasteiger partial charge on any atom is 0.163 e. The summed E-state index contributed by atoms with van der Waals surface area (Å²) >= 11 is 0. The number of benzene rings is 1. The molecule has 1 fully saturated rings. The van der Waals surface area contributed by atoms with Gasteiger partial charge in [0.05, 0.1) is 12.7 Å². The lowest BCUT2D eigenvalue weighted by Gasteiger charge is -2.20. The predicted molar refractivity (Wildman–Crippen MR) is 69.2 cm³/mol. The van der Waals surface area contributed by atoms with Gasteiger partial charge >= 0.3 is 0 Å². The largest absolute Gasteiger partial charge is 0.387 e. The highest BCUT2D eigenvalue weighted by molar-refractivity contribution is 5.32. The number of hydrogen-bond donors (Lipinski definition) is 2. The minimum Gasteiger partial charge on any atom is -0.387 e. The summed E-state index contributed by atoms with van der Waals surface area (Å²) in [7, 11) is 1.82. The van der Waals surface area contributed by atoms with Crippen LogP contribution >= 0.6 is 0 Å². The van der Waals surface area contributed by atoms with Gasteiger partial charge in [0.15, 0.2) is 5.79 Å². The summed E-state index contributed by atoms with van der Waals surface area (Å²) < 4.78 is 11.4. The van der Waals surface area contributed by atoms with Crippen LogP contribution in [0.5, 0.6) is 0 Å². The van der Waals surface area contributed by atoms with Crippen molar-refractivity contribution < 1.29 is 14.6 Å². The second-order valence-corrected chi connectivity index (χ2v) is 5.02.